The molecule has 0 spiro atoms. The lowest BCUT2D eigenvalue weighted by Crippen LogP contribution is -2.52. The molecule has 0 aromatic carbocycles. The van der Waals surface area contributed by atoms with Gasteiger partial charge in [0.25, 0.3) is 0 Å². The fourth-order valence-electron chi connectivity index (χ4n) is 3.62. The highest BCUT2D eigenvalue weighted by atomic mass is 16.5. The van der Waals surface area contributed by atoms with E-state index in [1.807, 2.05) is 39.0 Å². The highest BCUT2D eigenvalue weighted by Crippen LogP contribution is 2.29. The fraction of sp³-hybridized carbons (Fsp3) is 0.545. The summed E-state index contributed by atoms with van der Waals surface area (Å²) in [6.45, 7) is 13.5. The zero-order chi connectivity index (χ0) is 20.8. The Morgan fingerprint density at radius 2 is 2.18 bits per heavy atom. The van der Waals surface area contributed by atoms with Gasteiger partial charge in [-0.2, -0.15) is 0 Å². The summed E-state index contributed by atoms with van der Waals surface area (Å²) in [6, 6.07) is 3.84. The molecule has 1 fully saturated rings. The Morgan fingerprint density at radius 3 is 2.79 bits per heavy atom. The van der Waals surface area contributed by atoms with Crippen molar-refractivity contribution in [2.45, 2.75) is 46.3 Å². The molecule has 1 aliphatic rings. The summed E-state index contributed by atoms with van der Waals surface area (Å²) in [5.74, 6) is 0.665. The van der Waals surface area contributed by atoms with E-state index >= 15 is 0 Å². The Hall–Kier alpha value is -2.34. The number of nitrogens with one attached hydrogen (secondary N) is 1. The SMILES string of the molecule is C=C(c1cccnc1/C(=C\C)OC)N1C[C@@H](C)C[C@@H](NC(=O)[C@@H](O)C(C)C)C1. The number of carbonyl (C=O) groups is 1. The number of aliphatic hydroxyl groups excluding tert-OH is 1. The Bertz CT molecular complexity index is 729. The lowest BCUT2D eigenvalue weighted by atomic mass is 9.94. The van der Waals surface area contributed by atoms with E-state index in [2.05, 4.69) is 28.7 Å². The van der Waals surface area contributed by atoms with E-state index in [-0.39, 0.29) is 17.9 Å². The Morgan fingerprint density at radius 1 is 1.46 bits per heavy atom. The van der Waals surface area contributed by atoms with Gasteiger partial charge in [0, 0.05) is 36.6 Å². The second kappa shape index (κ2) is 9.73. The molecule has 2 rings (SSSR count). The van der Waals surface area contributed by atoms with E-state index in [0.717, 1.165) is 29.9 Å². The van der Waals surface area contributed by atoms with Crippen LogP contribution in [0.4, 0.5) is 0 Å². The summed E-state index contributed by atoms with van der Waals surface area (Å²) in [6.07, 6.45) is 3.51. The predicted octanol–water partition coefficient (Wildman–Crippen LogP) is 2.90. The lowest BCUT2D eigenvalue weighted by Gasteiger charge is -2.39. The van der Waals surface area contributed by atoms with E-state index in [1.165, 1.54) is 0 Å². The van der Waals surface area contributed by atoms with Crippen LogP contribution in [0.1, 0.15) is 45.4 Å². The van der Waals surface area contributed by atoms with Crippen LogP contribution < -0.4 is 5.32 Å². The summed E-state index contributed by atoms with van der Waals surface area (Å²) in [7, 11) is 1.63. The molecule has 2 heterocycles. The number of likely N-dealkylation sites (tertiary alicyclic amines) is 1. The van der Waals surface area contributed by atoms with E-state index < -0.39 is 6.10 Å². The van der Waals surface area contributed by atoms with E-state index in [0.29, 0.717) is 18.2 Å². The molecule has 3 atom stereocenters. The number of hydrogen-bond donors (Lipinski definition) is 2. The van der Waals surface area contributed by atoms with Crippen LogP contribution in [0.3, 0.4) is 0 Å². The summed E-state index contributed by atoms with van der Waals surface area (Å²) < 4.78 is 5.46. The maximum atomic E-state index is 12.3. The molecule has 1 aliphatic heterocycles. The Balaban J connectivity index is 2.19. The molecule has 154 valence electrons. The van der Waals surface area contributed by atoms with Gasteiger partial charge < -0.3 is 20.1 Å². The van der Waals surface area contributed by atoms with E-state index in [9.17, 15) is 9.90 Å². The molecule has 1 saturated heterocycles. The molecule has 28 heavy (non-hydrogen) atoms. The number of rotatable bonds is 7. The third-order valence-electron chi connectivity index (χ3n) is 5.12. The largest absolute Gasteiger partial charge is 0.495 e. The number of pyridine rings is 1. The van der Waals surface area contributed by atoms with Gasteiger partial charge in [0.2, 0.25) is 5.91 Å². The number of carbonyl (C=O) groups excluding carboxylic acids is 1. The maximum absolute atomic E-state index is 12.3. The molecular weight excluding hydrogens is 354 g/mol. The average molecular weight is 388 g/mol. The normalized spacial score (nSPS) is 21.4. The first kappa shape index (κ1) is 22.0. The Kier molecular flexibility index (Phi) is 7.63. The molecule has 0 unspecified atom stereocenters. The highest BCUT2D eigenvalue weighted by Gasteiger charge is 2.30. The van der Waals surface area contributed by atoms with E-state index in [4.69, 9.17) is 4.74 Å². The number of aromatic nitrogens is 1. The average Bonchev–Trinajstić information content (AvgIpc) is 2.67. The van der Waals surface area contributed by atoms with Crippen molar-refractivity contribution in [1.29, 1.82) is 0 Å². The van der Waals surface area contributed by atoms with Crippen LogP contribution in [0, 0.1) is 11.8 Å². The topological polar surface area (TPSA) is 74.7 Å². The van der Waals surface area contributed by atoms with Crippen LogP contribution in [-0.2, 0) is 9.53 Å². The number of hydrogen-bond acceptors (Lipinski definition) is 5. The summed E-state index contributed by atoms with van der Waals surface area (Å²) in [5, 5.41) is 13.0. The second-order valence-corrected chi connectivity index (χ2v) is 7.84. The van der Waals surface area contributed by atoms with Crippen molar-refractivity contribution < 1.29 is 14.6 Å². The summed E-state index contributed by atoms with van der Waals surface area (Å²) >= 11 is 0. The third kappa shape index (κ3) is 5.13. The van der Waals surface area contributed by atoms with Gasteiger partial charge in [-0.15, -0.1) is 0 Å². The van der Waals surface area contributed by atoms with Gasteiger partial charge in [-0.3, -0.25) is 9.78 Å². The van der Waals surface area contributed by atoms with Crippen molar-refractivity contribution in [1.82, 2.24) is 15.2 Å². The van der Waals surface area contributed by atoms with Crippen LogP contribution in [0.2, 0.25) is 0 Å². The summed E-state index contributed by atoms with van der Waals surface area (Å²) in [4.78, 5) is 19.0. The summed E-state index contributed by atoms with van der Waals surface area (Å²) in [5.41, 5.74) is 2.53. The van der Waals surface area contributed by atoms with Gasteiger partial charge in [-0.05, 0) is 43.4 Å². The highest BCUT2D eigenvalue weighted by molar-refractivity contribution is 5.81. The minimum absolute atomic E-state index is 0.0369. The monoisotopic (exact) mass is 387 g/mol. The van der Waals surface area contributed by atoms with Crippen molar-refractivity contribution in [3.8, 4) is 0 Å². The van der Waals surface area contributed by atoms with Gasteiger partial charge in [-0.1, -0.05) is 27.4 Å². The molecule has 0 radical (unpaired) electrons. The quantitative estimate of drug-likeness (QED) is 0.704. The Labute approximate surface area is 168 Å². The first-order chi connectivity index (χ1) is 13.3. The fourth-order valence-corrected chi connectivity index (χ4v) is 3.62. The smallest absolute Gasteiger partial charge is 0.249 e. The van der Waals surface area contributed by atoms with Crippen molar-refractivity contribution >= 4 is 17.4 Å². The number of allylic oxidation sites excluding steroid dienone is 1. The van der Waals surface area contributed by atoms with Crippen LogP contribution in [0.5, 0.6) is 0 Å². The zero-order valence-electron chi connectivity index (χ0n) is 17.6. The molecule has 1 aromatic heterocycles. The third-order valence-corrected chi connectivity index (χ3v) is 5.12. The van der Waals surface area contributed by atoms with Crippen LogP contribution >= 0.6 is 0 Å². The molecule has 1 amide bonds. The number of nitrogens with zero attached hydrogens (tertiary/aromatic N) is 2. The predicted molar refractivity (Wildman–Crippen MR) is 112 cm³/mol. The molecular formula is C22H33N3O3. The minimum atomic E-state index is -0.988. The molecule has 0 aliphatic carbocycles. The number of aliphatic hydroxyl groups is 1. The van der Waals surface area contributed by atoms with Gasteiger partial charge in [0.1, 0.15) is 17.6 Å². The van der Waals surface area contributed by atoms with Crippen molar-refractivity contribution in [3.63, 3.8) is 0 Å². The number of piperidine rings is 1. The molecule has 1 aromatic rings. The van der Waals surface area contributed by atoms with Gasteiger partial charge >= 0.3 is 0 Å². The van der Waals surface area contributed by atoms with Gasteiger partial charge in [0.15, 0.2) is 0 Å². The first-order valence-electron chi connectivity index (χ1n) is 9.86. The number of amides is 1. The minimum Gasteiger partial charge on any atom is -0.495 e. The maximum Gasteiger partial charge on any atom is 0.249 e. The van der Waals surface area contributed by atoms with Crippen LogP contribution in [0.25, 0.3) is 11.5 Å². The molecule has 0 saturated carbocycles. The van der Waals surface area contributed by atoms with Gasteiger partial charge in [0.05, 0.1) is 7.11 Å². The van der Waals surface area contributed by atoms with Crippen molar-refractivity contribution in [2.75, 3.05) is 20.2 Å². The lowest BCUT2D eigenvalue weighted by molar-refractivity contribution is -0.132. The molecule has 0 bridgehead atoms. The van der Waals surface area contributed by atoms with Crippen LogP contribution in [0.15, 0.2) is 31.0 Å². The van der Waals surface area contributed by atoms with E-state index in [1.54, 1.807) is 13.3 Å². The molecule has 6 nitrogen and oxygen atoms in total. The van der Waals surface area contributed by atoms with Gasteiger partial charge in [-0.25, -0.2) is 0 Å². The van der Waals surface area contributed by atoms with Crippen molar-refractivity contribution in [2.24, 2.45) is 11.8 Å². The molecule has 6 heteroatoms. The second-order valence-electron chi connectivity index (χ2n) is 7.84. The van der Waals surface area contributed by atoms with Crippen LogP contribution in [-0.4, -0.2) is 53.2 Å². The molecule has 2 N–H and O–H groups in total. The standard InChI is InChI=1S/C22H33N3O3/c1-7-19(28-6)20-18(9-8-10-23-20)16(5)25-12-15(4)11-17(13-25)24-22(27)21(26)14(2)3/h7-10,14-15,17,21,26H,5,11-13H2,1-4,6H3,(H,24,27)/b19-7+/t15-,17+,21-/m0/s1. The van der Waals surface area contributed by atoms with Crippen molar-refractivity contribution in [3.05, 3.63) is 42.2 Å². The zero-order valence-corrected chi connectivity index (χ0v) is 17.6. The number of methoxy groups -OCH3 is 1. The first-order valence-corrected chi connectivity index (χ1v) is 9.86. The number of ether oxygens (including phenoxy) is 1.